The van der Waals surface area contributed by atoms with Gasteiger partial charge in [-0.15, -0.1) is 0 Å². The number of hydrogen-bond donors (Lipinski definition) is 0. The molecule has 0 saturated carbocycles. The van der Waals surface area contributed by atoms with E-state index in [1.807, 2.05) is 12.1 Å². The molecular weight excluding hydrogens is 252 g/mol. The maximum absolute atomic E-state index is 12.3. The molecule has 0 N–H and O–H groups in total. The molecule has 0 amide bonds. The number of benzene rings is 1. The van der Waals surface area contributed by atoms with Crippen LogP contribution in [0, 0.1) is 0 Å². The molecule has 1 saturated heterocycles. The van der Waals surface area contributed by atoms with Crippen LogP contribution in [-0.4, -0.2) is 22.3 Å². The summed E-state index contributed by atoms with van der Waals surface area (Å²) in [5, 5.41) is 0.828. The average molecular weight is 265 g/mol. The smallest absolute Gasteiger partial charge is 0.262 e. The van der Waals surface area contributed by atoms with Gasteiger partial charge in [0.25, 0.3) is 5.56 Å². The summed E-state index contributed by atoms with van der Waals surface area (Å²) in [5.74, 6) is 0. The number of para-hydroxylation sites is 1. The first-order chi connectivity index (χ1) is 8.75. The van der Waals surface area contributed by atoms with Crippen molar-refractivity contribution in [1.82, 2.24) is 9.55 Å². The molecule has 2 heterocycles. The Hall–Kier alpha value is -1.39. The van der Waals surface area contributed by atoms with E-state index in [2.05, 4.69) is 4.98 Å². The van der Waals surface area contributed by atoms with Crippen molar-refractivity contribution in [3.63, 3.8) is 0 Å². The topological polar surface area (TPSA) is 44.1 Å². The van der Waals surface area contributed by atoms with E-state index < -0.39 is 0 Å². The van der Waals surface area contributed by atoms with Crippen LogP contribution in [0.3, 0.4) is 0 Å². The molecule has 94 valence electrons. The Bertz CT molecular complexity index is 632. The normalized spacial score (nSPS) is 19.5. The predicted octanol–water partition coefficient (Wildman–Crippen LogP) is 2.23. The minimum absolute atomic E-state index is 0.0724. The van der Waals surface area contributed by atoms with Crippen molar-refractivity contribution in [3.05, 3.63) is 39.9 Å². The molecule has 0 bridgehead atoms. The van der Waals surface area contributed by atoms with E-state index in [1.165, 1.54) is 4.57 Å². The minimum atomic E-state index is -0.0962. The van der Waals surface area contributed by atoms with Crippen LogP contribution in [0.15, 0.2) is 29.1 Å². The molecule has 1 fully saturated rings. The molecule has 1 aromatic carbocycles. The SMILES string of the molecule is O=c1c2ccccc2nc(Cl)n1CC1CCCO1. The van der Waals surface area contributed by atoms with Crippen LogP contribution in [0.2, 0.25) is 5.28 Å². The minimum Gasteiger partial charge on any atom is -0.376 e. The van der Waals surface area contributed by atoms with Crippen LogP contribution < -0.4 is 5.56 Å². The maximum Gasteiger partial charge on any atom is 0.262 e. The summed E-state index contributed by atoms with van der Waals surface area (Å²) < 4.78 is 7.03. The van der Waals surface area contributed by atoms with Crippen LogP contribution in [0.4, 0.5) is 0 Å². The zero-order valence-electron chi connectivity index (χ0n) is 9.80. The second-order valence-corrected chi connectivity index (χ2v) is 4.79. The molecule has 5 heteroatoms. The van der Waals surface area contributed by atoms with Gasteiger partial charge in [-0.2, -0.15) is 0 Å². The van der Waals surface area contributed by atoms with Crippen molar-refractivity contribution in [2.24, 2.45) is 0 Å². The van der Waals surface area contributed by atoms with Crippen molar-refractivity contribution in [1.29, 1.82) is 0 Å². The van der Waals surface area contributed by atoms with Crippen LogP contribution >= 0.6 is 11.6 Å². The van der Waals surface area contributed by atoms with E-state index in [0.29, 0.717) is 17.4 Å². The van der Waals surface area contributed by atoms with E-state index in [1.54, 1.807) is 12.1 Å². The molecule has 0 spiro atoms. The van der Waals surface area contributed by atoms with Gasteiger partial charge in [0, 0.05) is 6.61 Å². The predicted molar refractivity (Wildman–Crippen MR) is 70.0 cm³/mol. The molecule has 0 aliphatic carbocycles. The lowest BCUT2D eigenvalue weighted by atomic mass is 10.2. The number of fused-ring (bicyclic) bond motifs is 1. The van der Waals surface area contributed by atoms with Crippen molar-refractivity contribution in [3.8, 4) is 0 Å². The fourth-order valence-corrected chi connectivity index (χ4v) is 2.53. The van der Waals surface area contributed by atoms with Gasteiger partial charge in [0.1, 0.15) is 0 Å². The lowest BCUT2D eigenvalue weighted by Crippen LogP contribution is -2.27. The van der Waals surface area contributed by atoms with Crippen LogP contribution in [0.25, 0.3) is 10.9 Å². The Morgan fingerprint density at radius 3 is 3.06 bits per heavy atom. The molecule has 1 aliphatic rings. The Kier molecular flexibility index (Phi) is 3.06. The second-order valence-electron chi connectivity index (χ2n) is 4.45. The zero-order chi connectivity index (χ0) is 12.5. The molecule has 1 aliphatic heterocycles. The van der Waals surface area contributed by atoms with Gasteiger partial charge in [-0.3, -0.25) is 9.36 Å². The third kappa shape index (κ3) is 2.02. The third-order valence-corrected chi connectivity index (χ3v) is 3.51. The molecule has 1 unspecified atom stereocenters. The second kappa shape index (κ2) is 4.71. The summed E-state index contributed by atoms with van der Waals surface area (Å²) in [4.78, 5) is 16.6. The molecule has 1 aromatic heterocycles. The van der Waals surface area contributed by atoms with Gasteiger partial charge in [-0.25, -0.2) is 4.98 Å². The Morgan fingerprint density at radius 1 is 1.44 bits per heavy atom. The summed E-state index contributed by atoms with van der Waals surface area (Å²) in [7, 11) is 0. The largest absolute Gasteiger partial charge is 0.376 e. The number of aromatic nitrogens is 2. The average Bonchev–Trinajstić information content (AvgIpc) is 2.87. The Balaban J connectivity index is 2.07. The fraction of sp³-hybridized carbons (Fsp3) is 0.385. The summed E-state index contributed by atoms with van der Waals surface area (Å²) >= 11 is 6.08. The van der Waals surface area contributed by atoms with E-state index in [4.69, 9.17) is 16.3 Å². The van der Waals surface area contributed by atoms with Crippen molar-refractivity contribution in [2.45, 2.75) is 25.5 Å². The highest BCUT2D eigenvalue weighted by molar-refractivity contribution is 6.28. The maximum atomic E-state index is 12.3. The molecule has 3 rings (SSSR count). The molecule has 18 heavy (non-hydrogen) atoms. The van der Waals surface area contributed by atoms with Gasteiger partial charge in [0.05, 0.1) is 23.6 Å². The van der Waals surface area contributed by atoms with Gasteiger partial charge in [-0.1, -0.05) is 12.1 Å². The summed E-state index contributed by atoms with van der Waals surface area (Å²) in [6, 6.07) is 7.23. The fourth-order valence-electron chi connectivity index (χ4n) is 2.29. The number of halogens is 1. The van der Waals surface area contributed by atoms with Gasteiger partial charge in [0.2, 0.25) is 5.28 Å². The number of rotatable bonds is 2. The van der Waals surface area contributed by atoms with Gasteiger partial charge < -0.3 is 4.74 Å². The third-order valence-electron chi connectivity index (χ3n) is 3.23. The van der Waals surface area contributed by atoms with Crippen LogP contribution in [0.5, 0.6) is 0 Å². The molecule has 4 nitrogen and oxygen atoms in total. The Morgan fingerprint density at radius 2 is 2.28 bits per heavy atom. The number of hydrogen-bond acceptors (Lipinski definition) is 3. The van der Waals surface area contributed by atoms with Crippen LogP contribution in [0.1, 0.15) is 12.8 Å². The van der Waals surface area contributed by atoms with E-state index in [-0.39, 0.29) is 16.9 Å². The first kappa shape index (κ1) is 11.7. The quantitative estimate of drug-likeness (QED) is 0.782. The highest BCUT2D eigenvalue weighted by Crippen LogP contribution is 2.17. The number of ether oxygens (including phenoxy) is 1. The number of nitrogens with zero attached hydrogens (tertiary/aromatic N) is 2. The van der Waals surface area contributed by atoms with E-state index in [9.17, 15) is 4.79 Å². The standard InChI is InChI=1S/C13H13ClN2O2/c14-13-15-11-6-2-1-5-10(11)12(17)16(13)8-9-4-3-7-18-9/h1-2,5-6,9H,3-4,7-8H2. The summed E-state index contributed by atoms with van der Waals surface area (Å²) in [5.41, 5.74) is 0.539. The van der Waals surface area contributed by atoms with Gasteiger partial charge in [0.15, 0.2) is 0 Å². The molecule has 1 atom stereocenters. The first-order valence-corrected chi connectivity index (χ1v) is 6.40. The first-order valence-electron chi connectivity index (χ1n) is 6.02. The zero-order valence-corrected chi connectivity index (χ0v) is 10.6. The van der Waals surface area contributed by atoms with Gasteiger partial charge >= 0.3 is 0 Å². The van der Waals surface area contributed by atoms with E-state index >= 15 is 0 Å². The highest BCUT2D eigenvalue weighted by atomic mass is 35.5. The lowest BCUT2D eigenvalue weighted by molar-refractivity contribution is 0.0961. The monoisotopic (exact) mass is 264 g/mol. The highest BCUT2D eigenvalue weighted by Gasteiger charge is 2.19. The van der Waals surface area contributed by atoms with Crippen molar-refractivity contribution >= 4 is 22.5 Å². The van der Waals surface area contributed by atoms with Crippen molar-refractivity contribution < 1.29 is 4.74 Å². The van der Waals surface area contributed by atoms with Crippen LogP contribution in [-0.2, 0) is 11.3 Å². The molecule has 2 aromatic rings. The van der Waals surface area contributed by atoms with Gasteiger partial charge in [-0.05, 0) is 36.6 Å². The molecular formula is C13H13ClN2O2. The Labute approximate surface area is 109 Å². The van der Waals surface area contributed by atoms with Crippen molar-refractivity contribution in [2.75, 3.05) is 6.61 Å². The van der Waals surface area contributed by atoms with E-state index in [0.717, 1.165) is 19.4 Å². The molecule has 0 radical (unpaired) electrons. The summed E-state index contributed by atoms with van der Waals surface area (Å²) in [6.07, 6.45) is 2.08. The summed E-state index contributed by atoms with van der Waals surface area (Å²) in [6.45, 7) is 1.24. The lowest BCUT2D eigenvalue weighted by Gasteiger charge is -2.13.